The summed E-state index contributed by atoms with van der Waals surface area (Å²) >= 11 is 0. The van der Waals surface area contributed by atoms with Crippen molar-refractivity contribution in [3.8, 4) is 0 Å². The topological polar surface area (TPSA) is 69.7 Å². The van der Waals surface area contributed by atoms with Crippen LogP contribution in [0.15, 0.2) is 23.8 Å². The first kappa shape index (κ1) is 17.9. The molecule has 0 aromatic heterocycles. The van der Waals surface area contributed by atoms with Crippen molar-refractivity contribution >= 4 is 17.7 Å². The van der Waals surface area contributed by atoms with Gasteiger partial charge in [-0.05, 0) is 45.1 Å². The Morgan fingerprint density at radius 2 is 2.04 bits per heavy atom. The van der Waals surface area contributed by atoms with E-state index in [0.717, 1.165) is 0 Å². The second-order valence-electron chi connectivity index (χ2n) is 7.88. The van der Waals surface area contributed by atoms with E-state index in [-0.39, 0.29) is 35.6 Å². The van der Waals surface area contributed by atoms with E-state index >= 15 is 0 Å². The number of hydrogen-bond acceptors (Lipinski definition) is 5. The summed E-state index contributed by atoms with van der Waals surface area (Å²) in [4.78, 5) is 37.5. The maximum atomic E-state index is 12.8. The molecule has 0 radical (unpaired) electrons. The van der Waals surface area contributed by atoms with Gasteiger partial charge < -0.3 is 9.47 Å². The highest BCUT2D eigenvalue weighted by Crippen LogP contribution is 2.54. The highest BCUT2D eigenvalue weighted by atomic mass is 16.6. The van der Waals surface area contributed by atoms with Crippen LogP contribution >= 0.6 is 0 Å². The van der Waals surface area contributed by atoms with Crippen molar-refractivity contribution in [3.63, 3.8) is 0 Å². The molecule has 136 valence electrons. The molecule has 5 heteroatoms. The maximum Gasteiger partial charge on any atom is 0.333 e. The fraction of sp³-hybridized carbons (Fsp3) is 0.650. The molecule has 0 aromatic rings. The smallest absolute Gasteiger partial charge is 0.333 e. The van der Waals surface area contributed by atoms with Crippen molar-refractivity contribution in [2.75, 3.05) is 0 Å². The average Bonchev–Trinajstić information content (AvgIpc) is 2.99. The van der Waals surface area contributed by atoms with Gasteiger partial charge in [-0.2, -0.15) is 0 Å². The van der Waals surface area contributed by atoms with Gasteiger partial charge in [0.15, 0.2) is 5.78 Å². The number of allylic oxidation sites excluding steroid dienone is 3. The van der Waals surface area contributed by atoms with Gasteiger partial charge in [-0.1, -0.05) is 26.0 Å². The molecule has 5 nitrogen and oxygen atoms in total. The van der Waals surface area contributed by atoms with Crippen molar-refractivity contribution in [3.05, 3.63) is 23.8 Å². The maximum absolute atomic E-state index is 12.8. The summed E-state index contributed by atoms with van der Waals surface area (Å²) in [7, 11) is 0. The average molecular weight is 346 g/mol. The summed E-state index contributed by atoms with van der Waals surface area (Å²) < 4.78 is 11.5. The van der Waals surface area contributed by atoms with Crippen molar-refractivity contribution < 1.29 is 23.9 Å². The van der Waals surface area contributed by atoms with Gasteiger partial charge in [-0.25, -0.2) is 4.79 Å². The molecule has 7 atom stereocenters. The SMILES string of the molecule is C/C=C(/C)C(=O)O[C@H]1[C@@H]2[C@H](C[C@@H](C)[C@@H]3C=CC(=O)[C@]31C)OC(=O)[C@@H]2C. The Bertz CT molecular complexity index is 676. The predicted molar refractivity (Wildman–Crippen MR) is 91.4 cm³/mol. The van der Waals surface area contributed by atoms with Crippen LogP contribution in [-0.2, 0) is 23.9 Å². The molecule has 2 fully saturated rings. The third-order valence-corrected chi connectivity index (χ3v) is 6.47. The molecule has 1 aliphatic heterocycles. The fourth-order valence-electron chi connectivity index (χ4n) is 4.76. The van der Waals surface area contributed by atoms with E-state index in [4.69, 9.17) is 9.47 Å². The molecule has 0 aromatic carbocycles. The predicted octanol–water partition coefficient (Wildman–Crippen LogP) is 2.84. The van der Waals surface area contributed by atoms with Gasteiger partial charge in [0.1, 0.15) is 12.2 Å². The van der Waals surface area contributed by atoms with E-state index < -0.39 is 23.4 Å². The largest absolute Gasteiger partial charge is 0.462 e. The number of rotatable bonds is 2. The summed E-state index contributed by atoms with van der Waals surface area (Å²) in [6, 6.07) is 0. The van der Waals surface area contributed by atoms with Crippen molar-refractivity contribution in [2.45, 2.75) is 53.2 Å². The van der Waals surface area contributed by atoms with Gasteiger partial charge in [0.2, 0.25) is 0 Å². The normalized spacial score (nSPS) is 43.3. The number of carbonyl (C=O) groups excluding carboxylic acids is 3. The molecule has 25 heavy (non-hydrogen) atoms. The number of carbonyl (C=O) groups is 3. The molecule has 0 bridgehead atoms. The molecule has 3 aliphatic rings. The van der Waals surface area contributed by atoms with Crippen molar-refractivity contribution in [1.82, 2.24) is 0 Å². The number of fused-ring (bicyclic) bond motifs is 2. The highest BCUT2D eigenvalue weighted by molar-refractivity contribution is 5.99. The molecular weight excluding hydrogens is 320 g/mol. The molecule has 0 amide bonds. The number of esters is 2. The molecule has 0 spiro atoms. The summed E-state index contributed by atoms with van der Waals surface area (Å²) in [5.41, 5.74) is -0.365. The van der Waals surface area contributed by atoms with Gasteiger partial charge >= 0.3 is 11.9 Å². The van der Waals surface area contributed by atoms with E-state index in [9.17, 15) is 14.4 Å². The van der Waals surface area contributed by atoms with E-state index in [1.165, 1.54) is 0 Å². The first-order valence-electron chi connectivity index (χ1n) is 8.98. The highest BCUT2D eigenvalue weighted by Gasteiger charge is 2.62. The standard InChI is InChI=1S/C20H26O5/c1-6-10(2)18(22)25-17-16-12(4)19(23)24-14(16)9-11(3)13-7-8-15(21)20(13,17)5/h6-8,11-14,16-17H,9H2,1-5H3/b10-6-/t11-,12-,13+,14+,16+,17+,20+/m1/s1. The Balaban J connectivity index is 2.07. The zero-order valence-corrected chi connectivity index (χ0v) is 15.4. The Hall–Kier alpha value is -1.91. The minimum Gasteiger partial charge on any atom is -0.462 e. The van der Waals surface area contributed by atoms with Crippen LogP contribution in [-0.4, -0.2) is 29.9 Å². The Morgan fingerprint density at radius 1 is 1.36 bits per heavy atom. The van der Waals surface area contributed by atoms with Crippen LogP contribution in [0.3, 0.4) is 0 Å². The van der Waals surface area contributed by atoms with Crippen molar-refractivity contribution in [1.29, 1.82) is 0 Å². The lowest BCUT2D eigenvalue weighted by Gasteiger charge is -2.40. The van der Waals surface area contributed by atoms with Crippen LogP contribution in [0.2, 0.25) is 0 Å². The van der Waals surface area contributed by atoms with Crippen LogP contribution in [0.5, 0.6) is 0 Å². The zero-order chi connectivity index (χ0) is 18.5. The second kappa shape index (κ2) is 6.11. The van der Waals surface area contributed by atoms with Crippen LogP contribution in [0, 0.1) is 29.1 Å². The van der Waals surface area contributed by atoms with Crippen LogP contribution in [0.1, 0.15) is 41.0 Å². The van der Waals surface area contributed by atoms with Gasteiger partial charge in [-0.3, -0.25) is 9.59 Å². The second-order valence-corrected chi connectivity index (χ2v) is 7.88. The monoisotopic (exact) mass is 346 g/mol. The molecule has 1 saturated heterocycles. The first-order chi connectivity index (χ1) is 11.7. The lowest BCUT2D eigenvalue weighted by Crippen LogP contribution is -2.50. The van der Waals surface area contributed by atoms with Gasteiger partial charge in [0.25, 0.3) is 0 Å². The molecule has 1 heterocycles. The minimum absolute atomic E-state index is 0.0276. The van der Waals surface area contributed by atoms with Crippen molar-refractivity contribution in [2.24, 2.45) is 29.1 Å². The summed E-state index contributed by atoms with van der Waals surface area (Å²) in [5.74, 6) is -1.32. The molecular formula is C20H26O5. The number of ketones is 1. The summed E-state index contributed by atoms with van der Waals surface area (Å²) in [6.45, 7) is 9.20. The Labute approximate surface area is 148 Å². The third kappa shape index (κ3) is 2.55. The number of ether oxygens (including phenoxy) is 2. The van der Waals surface area contributed by atoms with Crippen LogP contribution < -0.4 is 0 Å². The lowest BCUT2D eigenvalue weighted by atomic mass is 9.66. The van der Waals surface area contributed by atoms with Crippen LogP contribution in [0.25, 0.3) is 0 Å². The van der Waals surface area contributed by atoms with E-state index in [1.807, 2.05) is 13.0 Å². The van der Waals surface area contributed by atoms with Crippen LogP contribution in [0.4, 0.5) is 0 Å². The van der Waals surface area contributed by atoms with E-state index in [2.05, 4.69) is 6.92 Å². The van der Waals surface area contributed by atoms with Gasteiger partial charge in [-0.15, -0.1) is 0 Å². The quantitative estimate of drug-likeness (QED) is 0.568. The Kier molecular flexibility index (Phi) is 4.38. The van der Waals surface area contributed by atoms with E-state index in [0.29, 0.717) is 12.0 Å². The molecule has 0 unspecified atom stereocenters. The molecule has 3 rings (SSSR count). The van der Waals surface area contributed by atoms with Gasteiger partial charge in [0, 0.05) is 11.5 Å². The lowest BCUT2D eigenvalue weighted by molar-refractivity contribution is -0.163. The fourth-order valence-corrected chi connectivity index (χ4v) is 4.76. The number of hydrogen-bond donors (Lipinski definition) is 0. The van der Waals surface area contributed by atoms with E-state index in [1.54, 1.807) is 32.9 Å². The third-order valence-electron chi connectivity index (χ3n) is 6.47. The molecule has 1 saturated carbocycles. The molecule has 2 aliphatic carbocycles. The Morgan fingerprint density at radius 3 is 2.68 bits per heavy atom. The first-order valence-corrected chi connectivity index (χ1v) is 8.98. The summed E-state index contributed by atoms with van der Waals surface area (Å²) in [6.07, 6.45) is 4.91. The van der Waals surface area contributed by atoms with Gasteiger partial charge in [0.05, 0.1) is 11.3 Å². The molecule has 0 N–H and O–H groups in total. The summed E-state index contributed by atoms with van der Waals surface area (Å²) in [5, 5.41) is 0. The minimum atomic E-state index is -0.856. The zero-order valence-electron chi connectivity index (χ0n) is 15.4.